The molecule has 0 unspecified atom stereocenters. The van der Waals surface area contributed by atoms with E-state index in [0.29, 0.717) is 6.04 Å². The van der Waals surface area contributed by atoms with E-state index in [1.165, 1.54) is 59.6 Å². The highest BCUT2D eigenvalue weighted by Gasteiger charge is 2.38. The molecule has 1 fully saturated rings. The number of hydrogen-bond acceptors (Lipinski definition) is 0. The van der Waals surface area contributed by atoms with E-state index in [0.717, 1.165) is 6.54 Å². The van der Waals surface area contributed by atoms with Crippen LogP contribution in [0, 0.1) is 6.92 Å². The second-order valence-electron chi connectivity index (χ2n) is 8.12. The minimum atomic E-state index is 0.511. The monoisotopic (exact) mass is 356 g/mol. The van der Waals surface area contributed by atoms with E-state index >= 15 is 0 Å². The van der Waals surface area contributed by atoms with Crippen LogP contribution in [0.3, 0.4) is 0 Å². The summed E-state index contributed by atoms with van der Waals surface area (Å²) in [7, 11) is 0. The Morgan fingerprint density at radius 1 is 0.704 bits per heavy atom. The summed E-state index contributed by atoms with van der Waals surface area (Å²) >= 11 is 0. The summed E-state index contributed by atoms with van der Waals surface area (Å²) in [5, 5.41) is 0. The van der Waals surface area contributed by atoms with Gasteiger partial charge in [0.2, 0.25) is 0 Å². The standard InChI is InChI=1S/C25H26N2/c1-19-8-2-3-9-20(19)18-26-14-16-27(17-15-26)25-23-12-6-4-10-21(23)22-11-5-7-13-24(22)25/h2-13,25H,14-18H2,1H3/p+2. The minimum Gasteiger partial charge on any atom is -0.322 e. The lowest BCUT2D eigenvalue weighted by Crippen LogP contribution is -3.27. The van der Waals surface area contributed by atoms with Crippen LogP contribution in [0.4, 0.5) is 0 Å². The molecule has 1 aliphatic carbocycles. The van der Waals surface area contributed by atoms with E-state index in [2.05, 4.69) is 79.7 Å². The van der Waals surface area contributed by atoms with Crippen molar-refractivity contribution < 1.29 is 9.80 Å². The number of nitrogens with one attached hydrogen (secondary N) is 2. The van der Waals surface area contributed by atoms with Crippen LogP contribution in [-0.2, 0) is 6.54 Å². The van der Waals surface area contributed by atoms with Crippen LogP contribution in [-0.4, -0.2) is 26.2 Å². The van der Waals surface area contributed by atoms with Crippen molar-refractivity contribution in [1.82, 2.24) is 0 Å². The smallest absolute Gasteiger partial charge is 0.140 e. The van der Waals surface area contributed by atoms with Gasteiger partial charge in [-0.15, -0.1) is 0 Å². The Kier molecular flexibility index (Phi) is 4.31. The number of rotatable bonds is 3. The second-order valence-corrected chi connectivity index (χ2v) is 8.12. The van der Waals surface area contributed by atoms with Crippen LogP contribution in [0.2, 0.25) is 0 Å². The molecular formula is C25H28N2+2. The Morgan fingerprint density at radius 2 is 1.26 bits per heavy atom. The number of benzene rings is 3. The average Bonchev–Trinajstić information content (AvgIpc) is 3.05. The molecule has 1 aliphatic heterocycles. The molecule has 3 aromatic carbocycles. The minimum absolute atomic E-state index is 0.511. The fourth-order valence-corrected chi connectivity index (χ4v) is 5.06. The first-order valence-electron chi connectivity index (χ1n) is 10.2. The van der Waals surface area contributed by atoms with Gasteiger partial charge in [0.1, 0.15) is 38.8 Å². The molecule has 1 heterocycles. The SMILES string of the molecule is Cc1ccccc1C[NH+]1CC[NH+](C2c3ccccc3-c3ccccc32)CC1. The molecule has 5 rings (SSSR count). The van der Waals surface area contributed by atoms with Gasteiger partial charge in [0.25, 0.3) is 0 Å². The van der Waals surface area contributed by atoms with Crippen molar-refractivity contribution in [2.75, 3.05) is 26.2 Å². The third-order valence-electron chi connectivity index (χ3n) is 6.54. The van der Waals surface area contributed by atoms with Crippen LogP contribution in [0.5, 0.6) is 0 Å². The van der Waals surface area contributed by atoms with Crippen LogP contribution in [0.1, 0.15) is 28.3 Å². The molecule has 0 aromatic heterocycles. The van der Waals surface area contributed by atoms with Crippen molar-refractivity contribution in [1.29, 1.82) is 0 Å². The Balaban J connectivity index is 1.35. The van der Waals surface area contributed by atoms with Crippen molar-refractivity contribution in [3.05, 3.63) is 95.1 Å². The summed E-state index contributed by atoms with van der Waals surface area (Å²) < 4.78 is 0. The van der Waals surface area contributed by atoms with Gasteiger partial charge < -0.3 is 9.80 Å². The fraction of sp³-hybridized carbons (Fsp3) is 0.280. The van der Waals surface area contributed by atoms with Crippen molar-refractivity contribution in [3.8, 4) is 11.1 Å². The van der Waals surface area contributed by atoms with Crippen molar-refractivity contribution in [2.24, 2.45) is 0 Å². The zero-order chi connectivity index (χ0) is 18.2. The molecular weight excluding hydrogens is 328 g/mol. The second kappa shape index (κ2) is 6.95. The zero-order valence-electron chi connectivity index (χ0n) is 16.0. The molecule has 0 saturated carbocycles. The van der Waals surface area contributed by atoms with Crippen molar-refractivity contribution >= 4 is 0 Å². The quantitative estimate of drug-likeness (QED) is 0.711. The first kappa shape index (κ1) is 16.7. The lowest BCUT2D eigenvalue weighted by atomic mass is 10.0. The Bertz CT molecular complexity index is 908. The molecule has 0 radical (unpaired) electrons. The maximum absolute atomic E-state index is 2.35. The van der Waals surface area contributed by atoms with Gasteiger partial charge in [-0.1, -0.05) is 72.8 Å². The maximum atomic E-state index is 2.35. The van der Waals surface area contributed by atoms with Gasteiger partial charge in [0, 0.05) is 16.7 Å². The van der Waals surface area contributed by atoms with E-state index < -0.39 is 0 Å². The molecule has 136 valence electrons. The van der Waals surface area contributed by atoms with E-state index in [1.807, 2.05) is 0 Å². The first-order valence-corrected chi connectivity index (χ1v) is 10.2. The molecule has 27 heavy (non-hydrogen) atoms. The van der Waals surface area contributed by atoms with Crippen LogP contribution < -0.4 is 9.80 Å². The van der Waals surface area contributed by atoms with Crippen LogP contribution in [0.15, 0.2) is 72.8 Å². The number of aryl methyl sites for hydroxylation is 1. The summed E-state index contributed by atoms with van der Waals surface area (Å²) in [5.41, 5.74) is 8.87. The highest BCUT2D eigenvalue weighted by Crippen LogP contribution is 2.41. The predicted octanol–water partition coefficient (Wildman–Crippen LogP) is 2.05. The predicted molar refractivity (Wildman–Crippen MR) is 110 cm³/mol. The molecule has 0 bridgehead atoms. The molecule has 3 aromatic rings. The highest BCUT2D eigenvalue weighted by atomic mass is 15.3. The van der Waals surface area contributed by atoms with E-state index in [-0.39, 0.29) is 0 Å². The number of piperazine rings is 1. The van der Waals surface area contributed by atoms with Crippen LogP contribution >= 0.6 is 0 Å². The summed E-state index contributed by atoms with van der Waals surface area (Å²) in [6.07, 6.45) is 0. The Labute approximate surface area is 162 Å². The van der Waals surface area contributed by atoms with Gasteiger partial charge in [0.15, 0.2) is 0 Å². The third-order valence-corrected chi connectivity index (χ3v) is 6.54. The molecule has 1 saturated heterocycles. The normalized spacial score (nSPS) is 21.7. The average molecular weight is 357 g/mol. The highest BCUT2D eigenvalue weighted by molar-refractivity contribution is 5.77. The van der Waals surface area contributed by atoms with Gasteiger partial charge in [-0.25, -0.2) is 0 Å². The summed E-state index contributed by atoms with van der Waals surface area (Å²) in [6, 6.07) is 27.4. The fourth-order valence-electron chi connectivity index (χ4n) is 5.06. The van der Waals surface area contributed by atoms with Gasteiger partial charge in [-0.3, -0.25) is 0 Å². The van der Waals surface area contributed by atoms with Gasteiger partial charge in [-0.05, 0) is 23.6 Å². The Hall–Kier alpha value is -2.42. The summed E-state index contributed by atoms with van der Waals surface area (Å²) in [6.45, 7) is 8.40. The summed E-state index contributed by atoms with van der Waals surface area (Å²) in [5.74, 6) is 0. The molecule has 2 aliphatic rings. The number of fused-ring (bicyclic) bond motifs is 3. The third kappa shape index (κ3) is 2.99. The molecule has 2 nitrogen and oxygen atoms in total. The van der Waals surface area contributed by atoms with E-state index in [1.54, 1.807) is 9.80 Å². The molecule has 0 spiro atoms. The van der Waals surface area contributed by atoms with Gasteiger partial charge in [0.05, 0.1) is 0 Å². The lowest BCUT2D eigenvalue weighted by molar-refractivity contribution is -1.03. The zero-order valence-corrected chi connectivity index (χ0v) is 16.0. The molecule has 0 amide bonds. The largest absolute Gasteiger partial charge is 0.322 e. The van der Waals surface area contributed by atoms with Gasteiger partial charge >= 0.3 is 0 Å². The molecule has 0 atom stereocenters. The van der Waals surface area contributed by atoms with Crippen LogP contribution in [0.25, 0.3) is 11.1 Å². The van der Waals surface area contributed by atoms with Crippen molar-refractivity contribution in [2.45, 2.75) is 19.5 Å². The topological polar surface area (TPSA) is 8.88 Å². The lowest BCUT2D eigenvalue weighted by Gasteiger charge is -2.34. The number of quaternary nitrogens is 2. The van der Waals surface area contributed by atoms with Gasteiger partial charge in [-0.2, -0.15) is 0 Å². The number of hydrogen-bond donors (Lipinski definition) is 2. The van der Waals surface area contributed by atoms with Crippen molar-refractivity contribution in [3.63, 3.8) is 0 Å². The Morgan fingerprint density at radius 3 is 1.89 bits per heavy atom. The summed E-state index contributed by atoms with van der Waals surface area (Å²) in [4.78, 5) is 3.47. The van der Waals surface area contributed by atoms with E-state index in [9.17, 15) is 0 Å². The molecule has 2 heteroatoms. The first-order chi connectivity index (χ1) is 13.3. The molecule has 2 N–H and O–H groups in total. The maximum Gasteiger partial charge on any atom is 0.140 e. The van der Waals surface area contributed by atoms with E-state index in [4.69, 9.17) is 0 Å².